The van der Waals surface area contributed by atoms with Gasteiger partial charge in [-0.05, 0) is 48.1 Å². The summed E-state index contributed by atoms with van der Waals surface area (Å²) in [5.41, 5.74) is 2.88. The van der Waals surface area contributed by atoms with Gasteiger partial charge in [0.2, 0.25) is 5.89 Å². The maximum atomic E-state index is 12.2. The first-order valence-electron chi connectivity index (χ1n) is 9.14. The van der Waals surface area contributed by atoms with Crippen LogP contribution < -0.4 is 10.6 Å². The van der Waals surface area contributed by atoms with E-state index in [1.807, 2.05) is 24.3 Å². The molecule has 4 aromatic rings. The van der Waals surface area contributed by atoms with E-state index >= 15 is 0 Å². The third-order valence-corrected chi connectivity index (χ3v) is 4.61. The zero-order chi connectivity index (χ0) is 21.8. The van der Waals surface area contributed by atoms with E-state index < -0.39 is 10.8 Å². The second kappa shape index (κ2) is 8.67. The largest absolute Gasteiger partial charge is 0.434 e. The summed E-state index contributed by atoms with van der Waals surface area (Å²) in [7, 11) is 0. The molecule has 2 aromatic heterocycles. The van der Waals surface area contributed by atoms with E-state index in [0.717, 1.165) is 11.1 Å². The van der Waals surface area contributed by atoms with Crippen LogP contribution >= 0.6 is 12.2 Å². The Bertz CT molecular complexity index is 1250. The Morgan fingerprint density at radius 1 is 1.13 bits per heavy atom. The van der Waals surface area contributed by atoms with Crippen LogP contribution in [0.25, 0.3) is 22.7 Å². The molecule has 9 nitrogen and oxygen atoms in total. The predicted octanol–water partition coefficient (Wildman–Crippen LogP) is 3.60. The monoisotopic (exact) mass is 433 g/mol. The average Bonchev–Trinajstić information content (AvgIpc) is 3.22. The second-order valence-electron chi connectivity index (χ2n) is 6.49. The Hall–Kier alpha value is -4.18. The molecule has 0 aliphatic carbocycles. The number of rotatable bonds is 5. The maximum Gasteiger partial charge on any atom is 0.270 e. The van der Waals surface area contributed by atoms with Crippen molar-refractivity contribution in [1.29, 1.82) is 0 Å². The van der Waals surface area contributed by atoms with Crippen molar-refractivity contribution in [3.63, 3.8) is 0 Å². The number of nitrogens with one attached hydrogen (secondary N) is 2. The van der Waals surface area contributed by atoms with Crippen molar-refractivity contribution in [1.82, 2.24) is 20.6 Å². The van der Waals surface area contributed by atoms with Gasteiger partial charge in [-0.15, -0.1) is 0 Å². The number of aromatic nitrogens is 2. The highest BCUT2D eigenvalue weighted by atomic mass is 32.1. The van der Waals surface area contributed by atoms with Crippen LogP contribution in [0.2, 0.25) is 0 Å². The van der Waals surface area contributed by atoms with Gasteiger partial charge >= 0.3 is 0 Å². The van der Waals surface area contributed by atoms with Crippen molar-refractivity contribution in [3.8, 4) is 11.5 Å². The SMILES string of the molecule is O=C(NC(=S)NCc1ccc(-c2nc3ncccc3o2)cc1)c1cccc([N+](=O)[O-])c1. The van der Waals surface area contributed by atoms with Gasteiger partial charge in [0, 0.05) is 36.0 Å². The number of carbonyl (C=O) groups is 1. The highest BCUT2D eigenvalue weighted by Gasteiger charge is 2.13. The van der Waals surface area contributed by atoms with Crippen LogP contribution in [0.5, 0.6) is 0 Å². The molecule has 2 aromatic carbocycles. The standard InChI is InChI=1S/C21H15N5O4S/c27-19(15-3-1-4-16(11-15)26(28)29)25-21(31)23-12-13-6-8-14(9-7-13)20-24-18-17(30-20)5-2-10-22-18/h1-11H,12H2,(H2,23,25,27,31). The quantitative estimate of drug-likeness (QED) is 0.278. The highest BCUT2D eigenvalue weighted by molar-refractivity contribution is 7.80. The number of hydrogen-bond acceptors (Lipinski definition) is 7. The minimum atomic E-state index is -0.561. The number of nitrogens with zero attached hydrogens (tertiary/aromatic N) is 3. The van der Waals surface area contributed by atoms with Gasteiger partial charge in [0.15, 0.2) is 16.3 Å². The summed E-state index contributed by atoms with van der Waals surface area (Å²) >= 11 is 5.14. The number of thiocarbonyl (C=S) groups is 1. The smallest absolute Gasteiger partial charge is 0.270 e. The number of pyridine rings is 1. The van der Waals surface area contributed by atoms with Gasteiger partial charge in [-0.1, -0.05) is 18.2 Å². The molecule has 2 N–H and O–H groups in total. The van der Waals surface area contributed by atoms with Crippen LogP contribution in [0.3, 0.4) is 0 Å². The summed E-state index contributed by atoms with van der Waals surface area (Å²) < 4.78 is 5.70. The summed E-state index contributed by atoms with van der Waals surface area (Å²) in [6, 6.07) is 16.5. The Labute approximate surface area is 181 Å². The van der Waals surface area contributed by atoms with Crippen LogP contribution in [0.15, 0.2) is 71.3 Å². The molecule has 0 saturated carbocycles. The third kappa shape index (κ3) is 4.70. The molecule has 0 unspecified atom stereocenters. The van der Waals surface area contributed by atoms with E-state index in [1.54, 1.807) is 18.3 Å². The van der Waals surface area contributed by atoms with E-state index in [1.165, 1.54) is 24.3 Å². The molecule has 2 heterocycles. The molecule has 31 heavy (non-hydrogen) atoms. The van der Waals surface area contributed by atoms with Crippen LogP contribution in [0.1, 0.15) is 15.9 Å². The first kappa shape index (κ1) is 20.1. The fourth-order valence-corrected chi connectivity index (χ4v) is 2.99. The number of carbonyl (C=O) groups excluding carboxylic acids is 1. The minimum absolute atomic E-state index is 0.116. The van der Waals surface area contributed by atoms with Crippen LogP contribution in [-0.4, -0.2) is 25.9 Å². The Kier molecular flexibility index (Phi) is 5.63. The zero-order valence-corrected chi connectivity index (χ0v) is 16.8. The van der Waals surface area contributed by atoms with Gasteiger partial charge in [-0.25, -0.2) is 4.98 Å². The molecule has 4 rings (SSSR count). The lowest BCUT2D eigenvalue weighted by Gasteiger charge is -2.10. The Balaban J connectivity index is 1.34. The lowest BCUT2D eigenvalue weighted by atomic mass is 10.1. The highest BCUT2D eigenvalue weighted by Crippen LogP contribution is 2.23. The fraction of sp³-hybridized carbons (Fsp3) is 0.0476. The van der Waals surface area contributed by atoms with E-state index in [-0.39, 0.29) is 16.4 Å². The zero-order valence-electron chi connectivity index (χ0n) is 15.9. The van der Waals surface area contributed by atoms with E-state index in [4.69, 9.17) is 16.6 Å². The number of nitro groups is 1. The third-order valence-electron chi connectivity index (χ3n) is 4.37. The van der Waals surface area contributed by atoms with Crippen molar-refractivity contribution >= 4 is 40.2 Å². The Morgan fingerprint density at radius 3 is 2.68 bits per heavy atom. The topological polar surface area (TPSA) is 123 Å². The molecule has 0 aliphatic heterocycles. The number of hydrogen-bond donors (Lipinski definition) is 2. The van der Waals surface area contributed by atoms with E-state index in [2.05, 4.69) is 20.6 Å². The molecule has 0 aliphatic rings. The summed E-state index contributed by atoms with van der Waals surface area (Å²) in [6.07, 6.45) is 1.66. The van der Waals surface area contributed by atoms with Gasteiger partial charge in [-0.3, -0.25) is 20.2 Å². The molecular weight excluding hydrogens is 418 g/mol. The molecule has 0 radical (unpaired) electrons. The first-order valence-corrected chi connectivity index (χ1v) is 9.55. The summed E-state index contributed by atoms with van der Waals surface area (Å²) in [4.78, 5) is 31.0. The van der Waals surface area contributed by atoms with Crippen LogP contribution in [0, 0.1) is 10.1 Å². The van der Waals surface area contributed by atoms with Crippen LogP contribution in [-0.2, 0) is 6.54 Å². The number of benzene rings is 2. The molecular formula is C21H15N5O4S. The molecule has 1 amide bonds. The van der Waals surface area contributed by atoms with Crippen molar-refractivity contribution in [3.05, 3.63) is 88.1 Å². The summed E-state index contributed by atoms with van der Waals surface area (Å²) in [5.74, 6) is -0.0472. The number of amides is 1. The molecule has 10 heteroatoms. The molecule has 0 bridgehead atoms. The molecule has 0 atom stereocenters. The molecule has 154 valence electrons. The lowest BCUT2D eigenvalue weighted by Crippen LogP contribution is -2.38. The predicted molar refractivity (Wildman–Crippen MR) is 117 cm³/mol. The number of nitro benzene ring substituents is 1. The first-order chi connectivity index (χ1) is 15.0. The second-order valence-corrected chi connectivity index (χ2v) is 6.89. The van der Waals surface area contributed by atoms with Crippen molar-refractivity contribution in [2.75, 3.05) is 0 Å². The van der Waals surface area contributed by atoms with Crippen molar-refractivity contribution in [2.24, 2.45) is 0 Å². The Morgan fingerprint density at radius 2 is 1.94 bits per heavy atom. The maximum absolute atomic E-state index is 12.2. The average molecular weight is 433 g/mol. The minimum Gasteiger partial charge on any atom is -0.434 e. The molecule has 0 spiro atoms. The van der Waals surface area contributed by atoms with Gasteiger partial charge in [0.05, 0.1) is 4.92 Å². The number of non-ortho nitro benzene ring substituents is 1. The van der Waals surface area contributed by atoms with Gasteiger partial charge in [-0.2, -0.15) is 4.98 Å². The van der Waals surface area contributed by atoms with Crippen molar-refractivity contribution in [2.45, 2.75) is 6.54 Å². The van der Waals surface area contributed by atoms with E-state index in [0.29, 0.717) is 23.7 Å². The summed E-state index contributed by atoms with van der Waals surface area (Å²) in [6.45, 7) is 0.378. The number of oxazole rings is 1. The lowest BCUT2D eigenvalue weighted by molar-refractivity contribution is -0.384. The molecule has 0 saturated heterocycles. The van der Waals surface area contributed by atoms with Gasteiger partial charge < -0.3 is 9.73 Å². The van der Waals surface area contributed by atoms with Crippen molar-refractivity contribution < 1.29 is 14.1 Å². The van der Waals surface area contributed by atoms with Crippen LogP contribution in [0.4, 0.5) is 5.69 Å². The molecule has 0 fully saturated rings. The summed E-state index contributed by atoms with van der Waals surface area (Å²) in [5, 5.41) is 16.4. The van der Waals surface area contributed by atoms with E-state index in [9.17, 15) is 14.9 Å². The van der Waals surface area contributed by atoms with Gasteiger partial charge in [0.25, 0.3) is 11.6 Å². The normalized spacial score (nSPS) is 10.6. The number of fused-ring (bicyclic) bond motifs is 1. The van der Waals surface area contributed by atoms with Gasteiger partial charge in [0.1, 0.15) is 0 Å². The fourth-order valence-electron chi connectivity index (χ4n) is 2.82.